The summed E-state index contributed by atoms with van der Waals surface area (Å²) >= 11 is 0. The lowest BCUT2D eigenvalue weighted by Gasteiger charge is -2.11. The molecule has 0 radical (unpaired) electrons. The van der Waals surface area contributed by atoms with Gasteiger partial charge < -0.3 is 15.3 Å². The van der Waals surface area contributed by atoms with E-state index in [1.54, 1.807) is 6.07 Å². The van der Waals surface area contributed by atoms with Crippen molar-refractivity contribution in [1.29, 1.82) is 0 Å². The van der Waals surface area contributed by atoms with E-state index in [9.17, 15) is 4.79 Å². The smallest absolute Gasteiger partial charge is 0.142 e. The number of benzene rings is 2. The summed E-state index contributed by atoms with van der Waals surface area (Å²) < 4.78 is 5.68. The Hall–Kier alpha value is -2.29. The van der Waals surface area contributed by atoms with Gasteiger partial charge in [0.15, 0.2) is 0 Å². The van der Waals surface area contributed by atoms with Crippen LogP contribution in [0.5, 0.6) is 5.75 Å². The first kappa shape index (κ1) is 13.1. The van der Waals surface area contributed by atoms with Gasteiger partial charge in [0.1, 0.15) is 18.6 Å². The van der Waals surface area contributed by atoms with E-state index in [-0.39, 0.29) is 5.92 Å². The van der Waals surface area contributed by atoms with Crippen molar-refractivity contribution in [3.63, 3.8) is 0 Å². The zero-order valence-corrected chi connectivity index (χ0v) is 10.9. The van der Waals surface area contributed by atoms with Gasteiger partial charge in [-0.15, -0.1) is 0 Å². The fourth-order valence-corrected chi connectivity index (χ4v) is 1.80. The van der Waals surface area contributed by atoms with Crippen LogP contribution in [-0.2, 0) is 11.4 Å². The average Bonchev–Trinajstić information content (AvgIpc) is 2.46. The molecule has 0 bridgehead atoms. The number of carbonyl (C=O) groups is 1. The molecule has 0 saturated heterocycles. The summed E-state index contributed by atoms with van der Waals surface area (Å²) in [6.45, 7) is 2.32. The van der Waals surface area contributed by atoms with Crippen molar-refractivity contribution in [2.45, 2.75) is 19.4 Å². The maximum atomic E-state index is 10.7. The van der Waals surface area contributed by atoms with Crippen molar-refractivity contribution in [1.82, 2.24) is 0 Å². The Labute approximate surface area is 113 Å². The zero-order chi connectivity index (χ0) is 13.7. The summed E-state index contributed by atoms with van der Waals surface area (Å²) in [5, 5.41) is 0. The van der Waals surface area contributed by atoms with Crippen molar-refractivity contribution in [3.8, 4) is 5.75 Å². The van der Waals surface area contributed by atoms with Gasteiger partial charge in [0.25, 0.3) is 0 Å². The van der Waals surface area contributed by atoms with Crippen LogP contribution in [0.1, 0.15) is 24.0 Å². The molecule has 0 amide bonds. The summed E-state index contributed by atoms with van der Waals surface area (Å²) in [6, 6.07) is 15.4. The molecule has 98 valence electrons. The van der Waals surface area contributed by atoms with E-state index in [2.05, 4.69) is 0 Å². The van der Waals surface area contributed by atoms with Gasteiger partial charge in [-0.1, -0.05) is 43.3 Å². The Morgan fingerprint density at radius 3 is 2.58 bits per heavy atom. The molecule has 3 heteroatoms. The largest absolute Gasteiger partial charge is 0.487 e. The van der Waals surface area contributed by atoms with Crippen molar-refractivity contribution >= 4 is 12.0 Å². The van der Waals surface area contributed by atoms with Gasteiger partial charge >= 0.3 is 0 Å². The summed E-state index contributed by atoms with van der Waals surface area (Å²) in [7, 11) is 0. The van der Waals surface area contributed by atoms with Crippen molar-refractivity contribution in [2.24, 2.45) is 0 Å². The molecule has 0 aromatic heterocycles. The molecular formula is C16H17NO2. The minimum absolute atomic E-state index is 0.148. The van der Waals surface area contributed by atoms with Gasteiger partial charge in [-0.3, -0.25) is 0 Å². The number of rotatable bonds is 5. The van der Waals surface area contributed by atoms with Crippen LogP contribution in [0.15, 0.2) is 48.5 Å². The topological polar surface area (TPSA) is 52.3 Å². The maximum absolute atomic E-state index is 10.7. The van der Waals surface area contributed by atoms with Gasteiger partial charge in [0.05, 0.1) is 5.69 Å². The first-order valence-electron chi connectivity index (χ1n) is 6.22. The van der Waals surface area contributed by atoms with Crippen molar-refractivity contribution in [2.75, 3.05) is 5.73 Å². The lowest BCUT2D eigenvalue weighted by molar-refractivity contribution is -0.108. The van der Waals surface area contributed by atoms with E-state index in [0.29, 0.717) is 18.0 Å². The molecule has 3 nitrogen and oxygen atoms in total. The fourth-order valence-electron chi connectivity index (χ4n) is 1.80. The molecule has 0 aliphatic heterocycles. The highest BCUT2D eigenvalue weighted by atomic mass is 16.5. The standard InChI is InChI=1S/C16H17NO2/c1-12(10-18)14-7-8-16(15(17)9-14)19-11-13-5-3-2-4-6-13/h2-10,12H,11,17H2,1H3. The summed E-state index contributed by atoms with van der Waals surface area (Å²) in [6.07, 6.45) is 0.902. The van der Waals surface area contributed by atoms with Gasteiger partial charge in [-0.2, -0.15) is 0 Å². The third-order valence-corrected chi connectivity index (χ3v) is 3.00. The van der Waals surface area contributed by atoms with Gasteiger partial charge in [-0.25, -0.2) is 0 Å². The highest BCUT2D eigenvalue weighted by Crippen LogP contribution is 2.26. The molecule has 19 heavy (non-hydrogen) atoms. The first-order chi connectivity index (χ1) is 9.20. The zero-order valence-electron chi connectivity index (χ0n) is 10.9. The number of nitrogen functional groups attached to an aromatic ring is 1. The first-order valence-corrected chi connectivity index (χ1v) is 6.22. The molecule has 0 fully saturated rings. The fraction of sp³-hybridized carbons (Fsp3) is 0.188. The Kier molecular flexibility index (Phi) is 4.18. The third-order valence-electron chi connectivity index (χ3n) is 3.00. The Morgan fingerprint density at radius 2 is 1.95 bits per heavy atom. The van der Waals surface area contributed by atoms with Gasteiger partial charge in [-0.05, 0) is 23.3 Å². The van der Waals surface area contributed by atoms with Gasteiger partial charge in [0, 0.05) is 5.92 Å². The predicted molar refractivity (Wildman–Crippen MR) is 76.1 cm³/mol. The van der Waals surface area contributed by atoms with Gasteiger partial charge in [0.2, 0.25) is 0 Å². The third kappa shape index (κ3) is 3.35. The number of nitrogens with two attached hydrogens (primary N) is 1. The van der Waals surface area contributed by atoms with Crippen molar-refractivity contribution in [3.05, 3.63) is 59.7 Å². The minimum Gasteiger partial charge on any atom is -0.487 e. The monoisotopic (exact) mass is 255 g/mol. The second-order valence-electron chi connectivity index (χ2n) is 4.50. The highest BCUT2D eigenvalue weighted by Gasteiger charge is 2.07. The molecule has 2 rings (SSSR count). The molecule has 1 unspecified atom stereocenters. The molecule has 2 N–H and O–H groups in total. The number of aldehydes is 1. The SMILES string of the molecule is CC(C=O)c1ccc(OCc2ccccc2)c(N)c1. The van der Waals surface area contributed by atoms with Crippen LogP contribution in [0.3, 0.4) is 0 Å². The molecule has 0 spiro atoms. The minimum atomic E-state index is -0.148. The van der Waals surface area contributed by atoms with Crippen molar-refractivity contribution < 1.29 is 9.53 Å². The normalized spacial score (nSPS) is 11.8. The second-order valence-corrected chi connectivity index (χ2v) is 4.50. The summed E-state index contributed by atoms with van der Waals surface area (Å²) in [5.74, 6) is 0.496. The molecule has 0 aliphatic carbocycles. The van der Waals surface area contributed by atoms with E-state index in [1.165, 1.54) is 0 Å². The Bertz CT molecular complexity index is 552. The summed E-state index contributed by atoms with van der Waals surface area (Å²) in [5.41, 5.74) is 8.49. The molecule has 2 aromatic rings. The van der Waals surface area contributed by atoms with Crippen LogP contribution in [0, 0.1) is 0 Å². The quantitative estimate of drug-likeness (QED) is 0.659. The lowest BCUT2D eigenvalue weighted by Crippen LogP contribution is -2.01. The average molecular weight is 255 g/mol. The molecule has 1 atom stereocenters. The summed E-state index contributed by atoms with van der Waals surface area (Å²) in [4.78, 5) is 10.7. The van der Waals surface area contributed by atoms with Crippen LogP contribution in [0.2, 0.25) is 0 Å². The van der Waals surface area contributed by atoms with Crippen LogP contribution in [-0.4, -0.2) is 6.29 Å². The molecule has 2 aromatic carbocycles. The number of anilines is 1. The van der Waals surface area contributed by atoms with Crippen LogP contribution in [0.25, 0.3) is 0 Å². The predicted octanol–water partition coefficient (Wildman–Crippen LogP) is 3.15. The van der Waals surface area contributed by atoms with E-state index in [0.717, 1.165) is 17.4 Å². The Balaban J connectivity index is 2.07. The molecule has 0 aliphatic rings. The highest BCUT2D eigenvalue weighted by molar-refractivity contribution is 5.64. The van der Waals surface area contributed by atoms with Crippen LogP contribution < -0.4 is 10.5 Å². The van der Waals surface area contributed by atoms with E-state index >= 15 is 0 Å². The van der Waals surface area contributed by atoms with E-state index in [1.807, 2.05) is 49.4 Å². The number of ether oxygens (including phenoxy) is 1. The molecular weight excluding hydrogens is 238 g/mol. The second kappa shape index (κ2) is 6.05. The lowest BCUT2D eigenvalue weighted by atomic mass is 10.0. The van der Waals surface area contributed by atoms with Crippen LogP contribution in [0.4, 0.5) is 5.69 Å². The number of hydrogen-bond donors (Lipinski definition) is 1. The maximum Gasteiger partial charge on any atom is 0.142 e. The molecule has 0 heterocycles. The van der Waals surface area contributed by atoms with E-state index in [4.69, 9.17) is 10.5 Å². The molecule has 0 saturated carbocycles. The van der Waals surface area contributed by atoms with E-state index < -0.39 is 0 Å². The number of carbonyl (C=O) groups excluding carboxylic acids is 1. The Morgan fingerprint density at radius 1 is 1.21 bits per heavy atom. The van der Waals surface area contributed by atoms with Crippen LogP contribution >= 0.6 is 0 Å². The number of hydrogen-bond acceptors (Lipinski definition) is 3.